The summed E-state index contributed by atoms with van der Waals surface area (Å²) in [5.41, 5.74) is 1.33. The molecule has 6 heteroatoms. The zero-order valence-corrected chi connectivity index (χ0v) is 13.8. The Morgan fingerprint density at radius 1 is 1.23 bits per heavy atom. The number of piperidine rings is 1. The van der Waals surface area contributed by atoms with Crippen molar-refractivity contribution < 1.29 is 9.59 Å². The fourth-order valence-electron chi connectivity index (χ4n) is 2.24. The second-order valence-electron chi connectivity index (χ2n) is 5.74. The first-order valence-corrected chi connectivity index (χ1v) is 7.49. The molecule has 2 rings (SSSR count). The highest BCUT2D eigenvalue weighted by Crippen LogP contribution is 2.12. The average molecular weight is 326 g/mol. The second-order valence-corrected chi connectivity index (χ2v) is 5.74. The van der Waals surface area contributed by atoms with Crippen molar-refractivity contribution >= 4 is 29.9 Å². The number of carbonyl (C=O) groups excluding carboxylic acids is 2. The summed E-state index contributed by atoms with van der Waals surface area (Å²) in [5, 5.41) is 9.10. The molecule has 1 atom stereocenters. The van der Waals surface area contributed by atoms with Crippen LogP contribution in [0.1, 0.15) is 37.0 Å². The minimum atomic E-state index is -0.0644. The van der Waals surface area contributed by atoms with E-state index in [1.807, 2.05) is 13.8 Å². The molecule has 0 radical (unpaired) electrons. The lowest BCUT2D eigenvalue weighted by Gasteiger charge is -2.23. The smallest absolute Gasteiger partial charge is 0.251 e. The zero-order valence-electron chi connectivity index (χ0n) is 13.0. The first kappa shape index (κ1) is 18.5. The largest absolute Gasteiger partial charge is 0.348 e. The number of benzene rings is 1. The van der Waals surface area contributed by atoms with E-state index >= 15 is 0 Å². The summed E-state index contributed by atoms with van der Waals surface area (Å²) >= 11 is 0. The van der Waals surface area contributed by atoms with Crippen LogP contribution in [0.25, 0.3) is 0 Å². The van der Waals surface area contributed by atoms with Gasteiger partial charge in [0.2, 0.25) is 5.91 Å². The van der Waals surface area contributed by atoms with Gasteiger partial charge >= 0.3 is 0 Å². The lowest BCUT2D eigenvalue weighted by atomic mass is 10.1. The van der Waals surface area contributed by atoms with Gasteiger partial charge in [-0.3, -0.25) is 9.59 Å². The molecule has 0 bridgehead atoms. The highest BCUT2D eigenvalue weighted by Gasteiger charge is 2.16. The van der Waals surface area contributed by atoms with E-state index < -0.39 is 0 Å². The predicted molar refractivity (Wildman–Crippen MR) is 90.5 cm³/mol. The van der Waals surface area contributed by atoms with E-state index in [-0.39, 0.29) is 36.2 Å². The monoisotopic (exact) mass is 325 g/mol. The van der Waals surface area contributed by atoms with E-state index in [0.29, 0.717) is 11.3 Å². The van der Waals surface area contributed by atoms with E-state index in [1.54, 1.807) is 24.3 Å². The molecule has 0 aliphatic carbocycles. The SMILES string of the molecule is CC(C)C(=O)Nc1ccc(C(=O)N[C@H]2CCCNC2)cc1.Cl. The molecule has 1 aliphatic rings. The first-order valence-electron chi connectivity index (χ1n) is 7.49. The van der Waals surface area contributed by atoms with Gasteiger partial charge in [-0.25, -0.2) is 0 Å². The molecule has 122 valence electrons. The van der Waals surface area contributed by atoms with Crippen LogP contribution in [0.15, 0.2) is 24.3 Å². The van der Waals surface area contributed by atoms with Crippen LogP contribution in [0.4, 0.5) is 5.69 Å². The topological polar surface area (TPSA) is 70.2 Å². The van der Waals surface area contributed by atoms with Crippen molar-refractivity contribution in [2.45, 2.75) is 32.7 Å². The number of carbonyl (C=O) groups is 2. The maximum atomic E-state index is 12.1. The summed E-state index contributed by atoms with van der Waals surface area (Å²) in [6.45, 7) is 5.54. The molecule has 22 heavy (non-hydrogen) atoms. The summed E-state index contributed by atoms with van der Waals surface area (Å²) in [6, 6.07) is 7.19. The summed E-state index contributed by atoms with van der Waals surface area (Å²) in [7, 11) is 0. The Balaban J connectivity index is 0.00000242. The van der Waals surface area contributed by atoms with Crippen LogP contribution in [-0.2, 0) is 4.79 Å². The normalized spacial score (nSPS) is 17.5. The molecule has 1 saturated heterocycles. The van der Waals surface area contributed by atoms with Crippen molar-refractivity contribution in [3.8, 4) is 0 Å². The fraction of sp³-hybridized carbons (Fsp3) is 0.500. The molecule has 0 spiro atoms. The van der Waals surface area contributed by atoms with Crippen LogP contribution < -0.4 is 16.0 Å². The third kappa shape index (κ3) is 5.31. The third-order valence-electron chi connectivity index (χ3n) is 3.57. The quantitative estimate of drug-likeness (QED) is 0.794. The van der Waals surface area contributed by atoms with Gasteiger partial charge in [-0.2, -0.15) is 0 Å². The lowest BCUT2D eigenvalue weighted by Crippen LogP contribution is -2.45. The molecule has 1 heterocycles. The van der Waals surface area contributed by atoms with Gasteiger partial charge in [-0.1, -0.05) is 13.8 Å². The van der Waals surface area contributed by atoms with Crippen molar-refractivity contribution in [1.29, 1.82) is 0 Å². The van der Waals surface area contributed by atoms with Crippen LogP contribution in [0.3, 0.4) is 0 Å². The highest BCUT2D eigenvalue weighted by atomic mass is 35.5. The minimum Gasteiger partial charge on any atom is -0.348 e. The van der Waals surface area contributed by atoms with Gasteiger partial charge in [0.15, 0.2) is 0 Å². The molecular weight excluding hydrogens is 302 g/mol. The maximum absolute atomic E-state index is 12.1. The van der Waals surface area contributed by atoms with Gasteiger partial charge in [-0.15, -0.1) is 12.4 Å². The first-order chi connectivity index (χ1) is 10.1. The predicted octanol–water partition coefficient (Wildman–Crippen LogP) is 2.18. The second kappa shape index (κ2) is 8.76. The molecule has 1 aromatic carbocycles. The lowest BCUT2D eigenvalue weighted by molar-refractivity contribution is -0.118. The molecule has 5 nitrogen and oxygen atoms in total. The number of nitrogens with one attached hydrogen (secondary N) is 3. The zero-order chi connectivity index (χ0) is 15.2. The van der Waals surface area contributed by atoms with Gasteiger partial charge in [0.1, 0.15) is 0 Å². The van der Waals surface area contributed by atoms with Gasteiger partial charge in [0, 0.05) is 29.8 Å². The Morgan fingerprint density at radius 2 is 1.91 bits per heavy atom. The number of anilines is 1. The summed E-state index contributed by atoms with van der Waals surface area (Å²) in [4.78, 5) is 23.7. The highest BCUT2D eigenvalue weighted by molar-refractivity contribution is 5.96. The summed E-state index contributed by atoms with van der Waals surface area (Å²) in [6.07, 6.45) is 2.10. The van der Waals surface area contributed by atoms with Crippen molar-refractivity contribution in [3.05, 3.63) is 29.8 Å². The van der Waals surface area contributed by atoms with Crippen LogP contribution >= 0.6 is 12.4 Å². The third-order valence-corrected chi connectivity index (χ3v) is 3.57. The summed E-state index contributed by atoms with van der Waals surface area (Å²) in [5.74, 6) is -0.155. The van der Waals surface area contributed by atoms with E-state index in [4.69, 9.17) is 0 Å². The van der Waals surface area contributed by atoms with Crippen LogP contribution in [0, 0.1) is 5.92 Å². The van der Waals surface area contributed by atoms with E-state index in [1.165, 1.54) is 0 Å². The Hall–Kier alpha value is -1.59. The summed E-state index contributed by atoms with van der Waals surface area (Å²) < 4.78 is 0. The Labute approximate surface area is 137 Å². The van der Waals surface area contributed by atoms with Crippen LogP contribution in [0.5, 0.6) is 0 Å². The van der Waals surface area contributed by atoms with E-state index in [0.717, 1.165) is 25.9 Å². The Bertz CT molecular complexity index is 497. The van der Waals surface area contributed by atoms with Gasteiger partial charge in [-0.05, 0) is 43.7 Å². The van der Waals surface area contributed by atoms with Crippen molar-refractivity contribution in [1.82, 2.24) is 10.6 Å². The molecule has 3 N–H and O–H groups in total. The van der Waals surface area contributed by atoms with Crippen LogP contribution in [-0.4, -0.2) is 30.9 Å². The van der Waals surface area contributed by atoms with Crippen LogP contribution in [0.2, 0.25) is 0 Å². The fourth-order valence-corrected chi connectivity index (χ4v) is 2.24. The average Bonchev–Trinajstić information content (AvgIpc) is 2.48. The minimum absolute atomic E-state index is 0. The molecule has 1 aliphatic heterocycles. The molecule has 0 unspecified atom stereocenters. The maximum Gasteiger partial charge on any atom is 0.251 e. The van der Waals surface area contributed by atoms with E-state index in [9.17, 15) is 9.59 Å². The molecule has 1 aromatic rings. The number of rotatable bonds is 4. The number of hydrogen-bond acceptors (Lipinski definition) is 3. The number of halogens is 1. The molecule has 0 aromatic heterocycles. The van der Waals surface area contributed by atoms with Gasteiger partial charge < -0.3 is 16.0 Å². The molecular formula is C16H24ClN3O2. The molecule has 1 fully saturated rings. The number of hydrogen-bond donors (Lipinski definition) is 3. The number of amides is 2. The van der Waals surface area contributed by atoms with Crippen molar-refractivity contribution in [2.75, 3.05) is 18.4 Å². The Morgan fingerprint density at radius 3 is 2.45 bits per heavy atom. The molecule has 2 amide bonds. The van der Waals surface area contributed by atoms with Gasteiger partial charge in [0.05, 0.1) is 0 Å². The van der Waals surface area contributed by atoms with Crippen molar-refractivity contribution in [3.63, 3.8) is 0 Å². The van der Waals surface area contributed by atoms with Crippen molar-refractivity contribution in [2.24, 2.45) is 5.92 Å². The Kier molecular flexibility index (Phi) is 7.35. The standard InChI is InChI=1S/C16H23N3O2.ClH/c1-11(2)15(20)18-13-7-5-12(6-8-13)16(21)19-14-4-3-9-17-10-14;/h5-8,11,14,17H,3-4,9-10H2,1-2H3,(H,18,20)(H,19,21);1H/t14-;/m0./s1. The van der Waals surface area contributed by atoms with Gasteiger partial charge in [0.25, 0.3) is 5.91 Å². The molecule has 0 saturated carbocycles. The van der Waals surface area contributed by atoms with E-state index in [2.05, 4.69) is 16.0 Å².